The van der Waals surface area contributed by atoms with Gasteiger partial charge in [-0.25, -0.2) is 18.1 Å². The van der Waals surface area contributed by atoms with E-state index in [-0.39, 0.29) is 42.3 Å². The molecule has 2 aliphatic rings. The van der Waals surface area contributed by atoms with Gasteiger partial charge in [0.25, 0.3) is 5.91 Å². The van der Waals surface area contributed by atoms with Gasteiger partial charge >= 0.3 is 6.09 Å². The summed E-state index contributed by atoms with van der Waals surface area (Å²) in [6.45, 7) is 1.58. The molecular weight excluding hydrogens is 348 g/mol. The fraction of sp³-hybridized carbons (Fsp3) is 0.438. The summed E-state index contributed by atoms with van der Waals surface area (Å²) in [5, 5.41) is 0. The number of ketones is 1. The van der Waals surface area contributed by atoms with Gasteiger partial charge in [0.15, 0.2) is 12.4 Å². The van der Waals surface area contributed by atoms with Gasteiger partial charge in [0.2, 0.25) is 10.0 Å². The third kappa shape index (κ3) is 3.29. The average Bonchev–Trinajstić information content (AvgIpc) is 2.93. The highest BCUT2D eigenvalue weighted by molar-refractivity contribution is 7.89. The van der Waals surface area contributed by atoms with Crippen LogP contribution in [0.3, 0.4) is 0 Å². The molecule has 134 valence electrons. The van der Waals surface area contributed by atoms with Crippen molar-refractivity contribution in [3.63, 3.8) is 0 Å². The summed E-state index contributed by atoms with van der Waals surface area (Å²) in [4.78, 5) is 35.8. The van der Waals surface area contributed by atoms with Crippen molar-refractivity contribution in [1.29, 1.82) is 0 Å². The highest BCUT2D eigenvalue weighted by atomic mass is 32.2. The minimum absolute atomic E-state index is 0.118. The van der Waals surface area contributed by atoms with Gasteiger partial charge in [-0.1, -0.05) is 12.1 Å². The molecule has 2 fully saturated rings. The molecule has 0 atom stereocenters. The summed E-state index contributed by atoms with van der Waals surface area (Å²) in [5.74, 6) is -0.516. The fourth-order valence-electron chi connectivity index (χ4n) is 3.07. The highest BCUT2D eigenvalue weighted by Gasteiger charge is 2.40. The zero-order valence-electron chi connectivity index (χ0n) is 13.7. The maximum atomic E-state index is 12.7. The van der Waals surface area contributed by atoms with Gasteiger partial charge in [0.1, 0.15) is 0 Å². The number of cyclic esters (lactones) is 1. The average molecular weight is 366 g/mol. The Kier molecular flexibility index (Phi) is 4.61. The second-order valence-electron chi connectivity index (χ2n) is 6.03. The Morgan fingerprint density at radius 3 is 2.20 bits per heavy atom. The predicted octanol–water partition coefficient (Wildman–Crippen LogP) is 1.02. The summed E-state index contributed by atoms with van der Waals surface area (Å²) in [5.41, 5.74) is 0.448. The van der Waals surface area contributed by atoms with E-state index in [0.29, 0.717) is 18.4 Å². The van der Waals surface area contributed by atoms with Crippen LogP contribution in [-0.2, 0) is 19.6 Å². The van der Waals surface area contributed by atoms with E-state index >= 15 is 0 Å². The second kappa shape index (κ2) is 6.57. The van der Waals surface area contributed by atoms with Crippen LogP contribution in [0.15, 0.2) is 29.2 Å². The number of hydrogen-bond donors (Lipinski definition) is 0. The third-order valence-electron chi connectivity index (χ3n) is 4.47. The molecule has 2 heterocycles. The number of benzene rings is 1. The summed E-state index contributed by atoms with van der Waals surface area (Å²) in [7, 11) is -3.68. The Hall–Kier alpha value is -2.26. The largest absolute Gasteiger partial charge is 0.439 e. The molecule has 3 rings (SSSR count). The number of nitrogens with zero attached hydrogens (tertiary/aromatic N) is 2. The van der Waals surface area contributed by atoms with E-state index in [4.69, 9.17) is 4.74 Å². The minimum atomic E-state index is -3.68. The number of ether oxygens (including phenoxy) is 1. The van der Waals surface area contributed by atoms with E-state index in [0.717, 1.165) is 4.90 Å². The number of Topliss-reactive ketones (excluding diaryl/α,β-unsaturated/α-hetero) is 1. The molecule has 2 saturated heterocycles. The monoisotopic (exact) mass is 366 g/mol. The maximum absolute atomic E-state index is 12.7. The first-order valence-electron chi connectivity index (χ1n) is 7.90. The zero-order chi connectivity index (χ0) is 18.2. The molecular formula is C16H18N2O6S. The molecule has 2 amide bonds. The van der Waals surface area contributed by atoms with Crippen molar-refractivity contribution < 1.29 is 27.5 Å². The van der Waals surface area contributed by atoms with Crippen molar-refractivity contribution in [3.8, 4) is 0 Å². The molecule has 1 aromatic rings. The lowest BCUT2D eigenvalue weighted by atomic mass is 10.1. The molecule has 9 heteroatoms. The smallest absolute Gasteiger partial charge is 0.417 e. The Labute approximate surface area is 145 Å². The van der Waals surface area contributed by atoms with E-state index in [1.165, 1.54) is 35.5 Å². The molecule has 0 spiro atoms. The molecule has 0 saturated carbocycles. The van der Waals surface area contributed by atoms with Gasteiger partial charge in [-0.15, -0.1) is 0 Å². The minimum Gasteiger partial charge on any atom is -0.439 e. The van der Waals surface area contributed by atoms with Crippen LogP contribution in [0.5, 0.6) is 0 Å². The zero-order valence-corrected chi connectivity index (χ0v) is 14.5. The van der Waals surface area contributed by atoms with Gasteiger partial charge in [0.05, 0.1) is 4.90 Å². The van der Waals surface area contributed by atoms with Crippen molar-refractivity contribution >= 4 is 27.8 Å². The normalized spacial score (nSPS) is 20.0. The van der Waals surface area contributed by atoms with Gasteiger partial charge in [-0.3, -0.25) is 9.59 Å². The predicted molar refractivity (Wildman–Crippen MR) is 86.4 cm³/mol. The van der Waals surface area contributed by atoms with Crippen molar-refractivity contribution in [2.24, 2.45) is 0 Å². The molecule has 25 heavy (non-hydrogen) atoms. The molecule has 0 aromatic heterocycles. The molecule has 1 aromatic carbocycles. The van der Waals surface area contributed by atoms with Gasteiger partial charge in [-0.05, 0) is 31.9 Å². The number of carbonyl (C=O) groups is 3. The number of sulfonamides is 1. The van der Waals surface area contributed by atoms with Crippen LogP contribution >= 0.6 is 0 Å². The summed E-state index contributed by atoms with van der Waals surface area (Å²) >= 11 is 0. The van der Waals surface area contributed by atoms with Crippen LogP contribution < -0.4 is 0 Å². The first-order chi connectivity index (χ1) is 11.8. The third-order valence-corrected chi connectivity index (χ3v) is 6.38. The molecule has 0 N–H and O–H groups in total. The van der Waals surface area contributed by atoms with E-state index in [2.05, 4.69) is 0 Å². The fourth-order valence-corrected chi connectivity index (χ4v) is 4.54. The quantitative estimate of drug-likeness (QED) is 0.738. The lowest BCUT2D eigenvalue weighted by molar-refractivity contribution is -0.127. The molecule has 2 aliphatic heterocycles. The molecule has 0 bridgehead atoms. The Bertz CT molecular complexity index is 794. The topological polar surface area (TPSA) is 101 Å². The Morgan fingerprint density at radius 2 is 1.72 bits per heavy atom. The molecule has 0 unspecified atom stereocenters. The van der Waals surface area contributed by atoms with Crippen LogP contribution in [0.2, 0.25) is 0 Å². The number of carbonyl (C=O) groups excluding carboxylic acids is 3. The van der Waals surface area contributed by atoms with Crippen LogP contribution in [0.25, 0.3) is 0 Å². The molecule has 0 radical (unpaired) electrons. The summed E-state index contributed by atoms with van der Waals surface area (Å²) < 4.78 is 31.4. The number of rotatable bonds is 4. The molecule has 8 nitrogen and oxygen atoms in total. The van der Waals surface area contributed by atoms with Crippen molar-refractivity contribution in [3.05, 3.63) is 29.8 Å². The number of imide groups is 1. The van der Waals surface area contributed by atoms with Crippen LogP contribution in [-0.4, -0.2) is 61.1 Å². The van der Waals surface area contributed by atoms with E-state index in [1.807, 2.05) is 0 Å². The Morgan fingerprint density at radius 1 is 1.12 bits per heavy atom. The summed E-state index contributed by atoms with van der Waals surface area (Å²) in [6.07, 6.45) is 0.0723. The van der Waals surface area contributed by atoms with E-state index in [1.54, 1.807) is 0 Å². The van der Waals surface area contributed by atoms with E-state index < -0.39 is 16.1 Å². The van der Waals surface area contributed by atoms with Crippen LogP contribution in [0, 0.1) is 0 Å². The van der Waals surface area contributed by atoms with Crippen LogP contribution in [0.1, 0.15) is 30.1 Å². The maximum Gasteiger partial charge on any atom is 0.417 e. The van der Waals surface area contributed by atoms with Crippen molar-refractivity contribution in [1.82, 2.24) is 9.21 Å². The summed E-state index contributed by atoms with van der Waals surface area (Å²) in [6, 6.07) is 5.47. The van der Waals surface area contributed by atoms with Crippen molar-refractivity contribution in [2.45, 2.75) is 30.7 Å². The first-order valence-corrected chi connectivity index (χ1v) is 9.34. The first kappa shape index (κ1) is 17.6. The van der Waals surface area contributed by atoms with Gasteiger partial charge in [0, 0.05) is 24.7 Å². The highest BCUT2D eigenvalue weighted by Crippen LogP contribution is 2.25. The van der Waals surface area contributed by atoms with Gasteiger partial charge < -0.3 is 4.74 Å². The second-order valence-corrected chi connectivity index (χ2v) is 7.97. The number of piperidine rings is 1. The van der Waals surface area contributed by atoms with E-state index in [9.17, 15) is 22.8 Å². The lowest BCUT2D eigenvalue weighted by Gasteiger charge is -2.33. The molecule has 0 aliphatic carbocycles. The van der Waals surface area contributed by atoms with Crippen LogP contribution in [0.4, 0.5) is 4.79 Å². The SMILES string of the molecule is CC(=O)c1ccc(S(=O)(=O)N2CCC(N3C(=O)COC3=O)CC2)cc1. The van der Waals surface area contributed by atoms with Crippen molar-refractivity contribution in [2.75, 3.05) is 19.7 Å². The lowest BCUT2D eigenvalue weighted by Crippen LogP contribution is -2.48. The number of amides is 2. The van der Waals surface area contributed by atoms with Gasteiger partial charge in [-0.2, -0.15) is 4.31 Å². The Balaban J connectivity index is 1.70. The number of hydrogen-bond acceptors (Lipinski definition) is 6. The standard InChI is InChI=1S/C16H18N2O6S/c1-11(19)12-2-4-14(5-3-12)25(22,23)17-8-6-13(7-9-17)18-15(20)10-24-16(18)21/h2-5,13H,6-10H2,1H3.